The zero-order chi connectivity index (χ0) is 25.4. The molecule has 6 heteroatoms. The smallest absolute Gasteiger partial charge is 0.312 e. The van der Waals surface area contributed by atoms with Crippen LogP contribution in [0.25, 0.3) is 0 Å². The predicted octanol–water partition coefficient (Wildman–Crippen LogP) is 5.09. The third-order valence-electron chi connectivity index (χ3n) is 8.58. The van der Waals surface area contributed by atoms with Gasteiger partial charge in [-0.25, -0.2) is 0 Å². The van der Waals surface area contributed by atoms with Crippen molar-refractivity contribution in [2.24, 2.45) is 10.8 Å². The summed E-state index contributed by atoms with van der Waals surface area (Å²) in [5.41, 5.74) is -0.488. The van der Waals surface area contributed by atoms with Crippen molar-refractivity contribution in [3.63, 3.8) is 0 Å². The minimum atomic E-state index is -0.455. The van der Waals surface area contributed by atoms with Crippen LogP contribution in [-0.4, -0.2) is 52.7 Å². The second kappa shape index (κ2) is 8.16. The van der Waals surface area contributed by atoms with Crippen molar-refractivity contribution >= 4 is 5.97 Å². The molecule has 4 atom stereocenters. The number of nitrogens with one attached hydrogen (secondary N) is 2. The molecule has 3 aliphatic heterocycles. The Bertz CT molecular complexity index is 774. The van der Waals surface area contributed by atoms with Gasteiger partial charge in [0.2, 0.25) is 0 Å². The largest absolute Gasteiger partial charge is 0.462 e. The summed E-state index contributed by atoms with van der Waals surface area (Å²) in [5.74, 6) is -0.0327. The second-order valence-electron chi connectivity index (χ2n) is 15.2. The topological polar surface area (TPSA) is 72.1 Å². The number of epoxide rings is 1. The highest BCUT2D eigenvalue weighted by Crippen LogP contribution is 2.57. The lowest BCUT2D eigenvalue weighted by atomic mass is 9.78. The minimum absolute atomic E-state index is 0.0327. The van der Waals surface area contributed by atoms with Crippen molar-refractivity contribution in [1.82, 2.24) is 10.6 Å². The minimum Gasteiger partial charge on any atom is -0.462 e. The second-order valence-corrected chi connectivity index (χ2v) is 15.2. The molecule has 0 aromatic rings. The Morgan fingerprint density at radius 2 is 1.21 bits per heavy atom. The van der Waals surface area contributed by atoms with Crippen molar-refractivity contribution in [2.75, 3.05) is 0 Å². The van der Waals surface area contributed by atoms with Crippen molar-refractivity contribution in [1.29, 1.82) is 0 Å². The maximum absolute atomic E-state index is 13.4. The summed E-state index contributed by atoms with van der Waals surface area (Å²) in [5, 5.41) is 7.39. The fourth-order valence-electron chi connectivity index (χ4n) is 7.86. The van der Waals surface area contributed by atoms with E-state index in [0.717, 1.165) is 44.9 Å². The number of ether oxygens (including phenoxy) is 3. The van der Waals surface area contributed by atoms with Gasteiger partial charge < -0.3 is 24.8 Å². The first-order valence-corrected chi connectivity index (χ1v) is 13.4. The monoisotopic (exact) mass is 478 g/mol. The highest BCUT2D eigenvalue weighted by molar-refractivity contribution is 5.77. The van der Waals surface area contributed by atoms with Crippen LogP contribution >= 0.6 is 0 Å². The highest BCUT2D eigenvalue weighted by atomic mass is 16.8. The molecule has 0 spiro atoms. The van der Waals surface area contributed by atoms with Gasteiger partial charge in [-0.1, -0.05) is 6.92 Å². The number of carbonyl (C=O) groups is 1. The van der Waals surface area contributed by atoms with Crippen LogP contribution in [0.1, 0.15) is 114 Å². The van der Waals surface area contributed by atoms with Gasteiger partial charge in [0.15, 0.2) is 6.29 Å². The molecular formula is C28H50N2O4. The zero-order valence-corrected chi connectivity index (χ0v) is 23.4. The van der Waals surface area contributed by atoms with Gasteiger partial charge in [-0.2, -0.15) is 0 Å². The third-order valence-corrected chi connectivity index (χ3v) is 8.58. The molecule has 4 aliphatic rings. The van der Waals surface area contributed by atoms with Crippen molar-refractivity contribution in [2.45, 2.75) is 161 Å². The van der Waals surface area contributed by atoms with E-state index in [-0.39, 0.29) is 58.1 Å². The Hall–Kier alpha value is -0.690. The Labute approximate surface area is 207 Å². The molecule has 3 saturated heterocycles. The molecule has 1 saturated carbocycles. The van der Waals surface area contributed by atoms with Crippen molar-refractivity contribution in [3.05, 3.63) is 0 Å². The fraction of sp³-hybridized carbons (Fsp3) is 0.964. The van der Waals surface area contributed by atoms with Crippen molar-refractivity contribution < 1.29 is 19.0 Å². The van der Waals surface area contributed by atoms with Gasteiger partial charge in [0.05, 0.1) is 11.5 Å². The summed E-state index contributed by atoms with van der Waals surface area (Å²) in [6.45, 7) is 22.1. The first-order chi connectivity index (χ1) is 15.3. The summed E-state index contributed by atoms with van der Waals surface area (Å²) in [6.07, 6.45) is 6.33. The van der Waals surface area contributed by atoms with Gasteiger partial charge in [0.1, 0.15) is 12.2 Å². The molecule has 0 amide bonds. The van der Waals surface area contributed by atoms with Crippen LogP contribution in [0.3, 0.4) is 0 Å². The molecule has 0 radical (unpaired) electrons. The number of piperidine rings is 2. The van der Waals surface area contributed by atoms with E-state index in [0.29, 0.717) is 0 Å². The lowest BCUT2D eigenvalue weighted by Crippen LogP contribution is -2.60. The first kappa shape index (κ1) is 26.4. The summed E-state index contributed by atoms with van der Waals surface area (Å²) >= 11 is 0. The number of rotatable bonds is 5. The van der Waals surface area contributed by atoms with Crippen LogP contribution in [0, 0.1) is 10.8 Å². The number of carbonyl (C=O) groups excluding carboxylic acids is 1. The molecule has 34 heavy (non-hydrogen) atoms. The van der Waals surface area contributed by atoms with Crippen molar-refractivity contribution in [3.8, 4) is 0 Å². The Morgan fingerprint density at radius 3 is 1.71 bits per heavy atom. The van der Waals surface area contributed by atoms with Crippen LogP contribution in [0.5, 0.6) is 0 Å². The molecule has 1 aliphatic carbocycles. The fourth-order valence-corrected chi connectivity index (χ4v) is 7.86. The molecule has 6 nitrogen and oxygen atoms in total. The average Bonchev–Trinajstić information content (AvgIpc) is 3.26. The van der Waals surface area contributed by atoms with E-state index < -0.39 is 5.41 Å². The molecule has 0 bridgehead atoms. The predicted molar refractivity (Wildman–Crippen MR) is 135 cm³/mol. The molecule has 4 unspecified atom stereocenters. The number of hydrogen-bond acceptors (Lipinski definition) is 6. The van der Waals surface area contributed by atoms with E-state index in [4.69, 9.17) is 14.2 Å². The van der Waals surface area contributed by atoms with Crippen LogP contribution in [-0.2, 0) is 19.0 Å². The maximum Gasteiger partial charge on any atom is 0.312 e. The lowest BCUT2D eigenvalue weighted by Gasteiger charge is -2.46. The summed E-state index contributed by atoms with van der Waals surface area (Å²) in [4.78, 5) is 13.4. The summed E-state index contributed by atoms with van der Waals surface area (Å²) in [7, 11) is 0. The molecule has 0 aromatic heterocycles. The number of hydrogen-bond donors (Lipinski definition) is 2. The van der Waals surface area contributed by atoms with Gasteiger partial charge in [0, 0.05) is 35.0 Å². The average molecular weight is 479 g/mol. The quantitative estimate of drug-likeness (QED) is 0.424. The zero-order valence-electron chi connectivity index (χ0n) is 23.4. The summed E-state index contributed by atoms with van der Waals surface area (Å²) < 4.78 is 18.8. The molecule has 3 heterocycles. The molecule has 4 fully saturated rings. The van der Waals surface area contributed by atoms with Gasteiger partial charge in [0.25, 0.3) is 0 Å². The van der Waals surface area contributed by atoms with Crippen LogP contribution in [0.15, 0.2) is 0 Å². The van der Waals surface area contributed by atoms with E-state index >= 15 is 0 Å². The first-order valence-electron chi connectivity index (χ1n) is 13.4. The van der Waals surface area contributed by atoms with Gasteiger partial charge in [-0.3, -0.25) is 4.79 Å². The van der Waals surface area contributed by atoms with E-state index in [1.54, 1.807) is 0 Å². The van der Waals surface area contributed by atoms with Crippen LogP contribution < -0.4 is 10.6 Å². The van der Waals surface area contributed by atoms with Crippen LogP contribution in [0.4, 0.5) is 0 Å². The highest BCUT2D eigenvalue weighted by Gasteiger charge is 2.61. The van der Waals surface area contributed by atoms with Gasteiger partial charge in [-0.05, 0) is 99.8 Å². The molecule has 196 valence electrons. The Kier molecular flexibility index (Phi) is 6.33. The van der Waals surface area contributed by atoms with Crippen LogP contribution in [0.2, 0.25) is 0 Å². The van der Waals surface area contributed by atoms with E-state index in [1.807, 2.05) is 0 Å². The molecule has 0 aromatic carbocycles. The maximum atomic E-state index is 13.4. The molecule has 2 N–H and O–H groups in total. The Morgan fingerprint density at radius 1 is 0.735 bits per heavy atom. The van der Waals surface area contributed by atoms with E-state index in [1.165, 1.54) is 0 Å². The SMILES string of the molecule is CC1(C)CC(OC(=O)C2(C)CCC(C)(C3OC3OC3CC(C)(C)NC(C)(C)C3)C2)CC(C)(C)N1. The van der Waals surface area contributed by atoms with E-state index in [2.05, 4.69) is 79.9 Å². The third kappa shape index (κ3) is 5.82. The molecular weight excluding hydrogens is 428 g/mol. The summed E-state index contributed by atoms with van der Waals surface area (Å²) in [6, 6.07) is 0. The van der Waals surface area contributed by atoms with Gasteiger partial charge in [-0.15, -0.1) is 0 Å². The number of esters is 1. The van der Waals surface area contributed by atoms with Gasteiger partial charge >= 0.3 is 5.97 Å². The molecule has 4 rings (SSSR count). The Balaban J connectivity index is 1.34. The standard InChI is InChI=1S/C28H50N2O4/c1-23(2)13-18(14-24(3,4)29-23)32-21-20(34-21)27(9)11-12-28(10,17-27)22(31)33-19-15-25(5,6)30-26(7,8)16-19/h18-21,29-30H,11-17H2,1-10H3. The normalized spacial score (nSPS) is 41.2. The lowest BCUT2D eigenvalue weighted by molar-refractivity contribution is -0.165. The van der Waals surface area contributed by atoms with E-state index in [9.17, 15) is 4.79 Å².